The summed E-state index contributed by atoms with van der Waals surface area (Å²) in [6.07, 6.45) is 0. The van der Waals surface area contributed by atoms with Gasteiger partial charge in [0.05, 0.1) is 5.69 Å². The van der Waals surface area contributed by atoms with Gasteiger partial charge in [-0.2, -0.15) is 0 Å². The van der Waals surface area contributed by atoms with Crippen molar-refractivity contribution in [3.05, 3.63) is 28.2 Å². The third kappa shape index (κ3) is 1.88. The standard InChI is InChI=1S/C11H9BrFNO3/c1-14(2)9-6(12)3-5-4-7(11(15)16)17-10(5)8(9)13/h3-4H,1-2H3,(H,15,16). The van der Waals surface area contributed by atoms with Gasteiger partial charge in [0, 0.05) is 24.0 Å². The fraction of sp³-hybridized carbons (Fsp3) is 0.182. The summed E-state index contributed by atoms with van der Waals surface area (Å²) in [5.41, 5.74) is 0.276. The molecule has 0 spiro atoms. The van der Waals surface area contributed by atoms with Crippen LogP contribution >= 0.6 is 15.9 Å². The van der Waals surface area contributed by atoms with Crippen molar-refractivity contribution >= 4 is 38.6 Å². The Balaban J connectivity index is 2.78. The molecule has 4 nitrogen and oxygen atoms in total. The van der Waals surface area contributed by atoms with Crippen LogP contribution in [0.2, 0.25) is 0 Å². The van der Waals surface area contributed by atoms with E-state index in [-0.39, 0.29) is 11.3 Å². The average molecular weight is 302 g/mol. The number of benzene rings is 1. The van der Waals surface area contributed by atoms with E-state index in [2.05, 4.69) is 15.9 Å². The zero-order valence-corrected chi connectivity index (χ0v) is 10.7. The SMILES string of the molecule is CN(C)c1c(Br)cc2cc(C(=O)O)oc2c1F. The van der Waals surface area contributed by atoms with Crippen LogP contribution in [0.5, 0.6) is 0 Å². The maximum Gasteiger partial charge on any atom is 0.371 e. The second kappa shape index (κ2) is 4.03. The summed E-state index contributed by atoms with van der Waals surface area (Å²) in [5, 5.41) is 9.20. The minimum Gasteiger partial charge on any atom is -0.475 e. The van der Waals surface area contributed by atoms with E-state index >= 15 is 0 Å². The summed E-state index contributed by atoms with van der Waals surface area (Å²) in [7, 11) is 3.38. The third-order valence-electron chi connectivity index (χ3n) is 2.33. The van der Waals surface area contributed by atoms with E-state index in [0.717, 1.165) is 0 Å². The zero-order chi connectivity index (χ0) is 12.7. The van der Waals surface area contributed by atoms with Gasteiger partial charge in [0.1, 0.15) is 0 Å². The lowest BCUT2D eigenvalue weighted by Gasteiger charge is -2.15. The molecule has 2 rings (SSSR count). The quantitative estimate of drug-likeness (QED) is 0.926. The molecule has 0 atom stereocenters. The molecule has 2 aromatic rings. The number of aromatic carboxylic acids is 1. The molecule has 0 unspecified atom stereocenters. The van der Waals surface area contributed by atoms with Crippen LogP contribution in [0.1, 0.15) is 10.6 Å². The monoisotopic (exact) mass is 301 g/mol. The Kier molecular flexibility index (Phi) is 2.82. The molecule has 6 heteroatoms. The summed E-state index contributed by atoms with van der Waals surface area (Å²) < 4.78 is 19.6. The molecule has 1 aromatic heterocycles. The number of nitrogens with zero attached hydrogens (tertiary/aromatic N) is 1. The minimum absolute atomic E-state index is 0.0469. The van der Waals surface area contributed by atoms with Crippen molar-refractivity contribution in [2.24, 2.45) is 0 Å². The van der Waals surface area contributed by atoms with Crippen molar-refractivity contribution in [3.8, 4) is 0 Å². The molecule has 17 heavy (non-hydrogen) atoms. The number of carboxylic acid groups (broad SMARTS) is 1. The molecule has 0 bridgehead atoms. The fourth-order valence-corrected chi connectivity index (χ4v) is 2.39. The lowest BCUT2D eigenvalue weighted by Crippen LogP contribution is -2.11. The molecule has 0 amide bonds. The summed E-state index contributed by atoms with van der Waals surface area (Å²) in [6, 6.07) is 2.93. The van der Waals surface area contributed by atoms with Crippen LogP contribution in [0.15, 0.2) is 21.0 Å². The largest absolute Gasteiger partial charge is 0.475 e. The lowest BCUT2D eigenvalue weighted by atomic mass is 10.2. The van der Waals surface area contributed by atoms with E-state index in [1.54, 1.807) is 25.1 Å². The topological polar surface area (TPSA) is 53.7 Å². The maximum absolute atomic E-state index is 14.1. The summed E-state index contributed by atoms with van der Waals surface area (Å²) >= 11 is 3.24. The van der Waals surface area contributed by atoms with Gasteiger partial charge in [0.15, 0.2) is 11.4 Å². The first kappa shape index (κ1) is 11.9. The highest BCUT2D eigenvalue weighted by Gasteiger charge is 2.19. The number of hydrogen-bond donors (Lipinski definition) is 1. The highest BCUT2D eigenvalue weighted by atomic mass is 79.9. The Bertz CT molecular complexity index is 606. The number of carboxylic acids is 1. The van der Waals surface area contributed by atoms with E-state index in [1.807, 2.05) is 0 Å². The predicted octanol–water partition coefficient (Wildman–Crippen LogP) is 3.10. The van der Waals surface area contributed by atoms with Crippen LogP contribution in [-0.4, -0.2) is 25.2 Å². The number of anilines is 1. The minimum atomic E-state index is -1.22. The van der Waals surface area contributed by atoms with Gasteiger partial charge in [-0.1, -0.05) is 0 Å². The van der Waals surface area contributed by atoms with Gasteiger partial charge in [-0.25, -0.2) is 9.18 Å². The van der Waals surface area contributed by atoms with Gasteiger partial charge in [0.2, 0.25) is 5.76 Å². The fourth-order valence-electron chi connectivity index (χ4n) is 1.62. The Labute approximate surface area is 105 Å². The molecular weight excluding hydrogens is 293 g/mol. The van der Waals surface area contributed by atoms with Crippen molar-refractivity contribution in [2.75, 3.05) is 19.0 Å². The molecule has 0 aliphatic carbocycles. The molecule has 90 valence electrons. The van der Waals surface area contributed by atoms with Gasteiger partial charge in [-0.15, -0.1) is 0 Å². The van der Waals surface area contributed by atoms with Crippen LogP contribution in [0.4, 0.5) is 10.1 Å². The first-order valence-corrected chi connectivity index (χ1v) is 5.53. The molecule has 1 N–H and O–H groups in total. The van der Waals surface area contributed by atoms with Crippen molar-refractivity contribution in [2.45, 2.75) is 0 Å². The van der Waals surface area contributed by atoms with Gasteiger partial charge < -0.3 is 14.4 Å². The highest BCUT2D eigenvalue weighted by Crippen LogP contribution is 2.35. The molecule has 1 heterocycles. The van der Waals surface area contributed by atoms with Gasteiger partial charge in [0.25, 0.3) is 0 Å². The molecule has 0 saturated carbocycles. The first-order chi connectivity index (χ1) is 7.91. The summed E-state index contributed by atoms with van der Waals surface area (Å²) in [5.74, 6) is -2.07. The summed E-state index contributed by atoms with van der Waals surface area (Å²) in [6.45, 7) is 0. The van der Waals surface area contributed by atoms with E-state index in [9.17, 15) is 9.18 Å². The second-order valence-corrected chi connectivity index (χ2v) is 4.60. The van der Waals surface area contributed by atoms with Crippen molar-refractivity contribution in [1.82, 2.24) is 0 Å². The van der Waals surface area contributed by atoms with Crippen LogP contribution in [0, 0.1) is 5.82 Å². The number of hydrogen-bond acceptors (Lipinski definition) is 3. The van der Waals surface area contributed by atoms with Crippen molar-refractivity contribution in [1.29, 1.82) is 0 Å². The molecule has 0 radical (unpaired) electrons. The Morgan fingerprint density at radius 1 is 1.47 bits per heavy atom. The molecule has 0 aliphatic rings. The summed E-state index contributed by atoms with van der Waals surface area (Å²) in [4.78, 5) is 12.3. The number of halogens is 2. The van der Waals surface area contributed by atoms with E-state index in [1.165, 1.54) is 6.07 Å². The second-order valence-electron chi connectivity index (χ2n) is 3.75. The average Bonchev–Trinajstić information content (AvgIpc) is 2.60. The molecule has 0 saturated heterocycles. The van der Waals surface area contributed by atoms with E-state index < -0.39 is 11.8 Å². The number of rotatable bonds is 2. The highest BCUT2D eigenvalue weighted by molar-refractivity contribution is 9.10. The van der Waals surface area contributed by atoms with Crippen molar-refractivity contribution in [3.63, 3.8) is 0 Å². The maximum atomic E-state index is 14.1. The van der Waals surface area contributed by atoms with Gasteiger partial charge in [-0.05, 0) is 28.1 Å². The van der Waals surface area contributed by atoms with E-state index in [0.29, 0.717) is 15.5 Å². The molecule has 0 aliphatic heterocycles. The third-order valence-corrected chi connectivity index (χ3v) is 2.94. The molecule has 0 fully saturated rings. The Morgan fingerprint density at radius 2 is 2.12 bits per heavy atom. The Hall–Kier alpha value is -1.56. The normalized spacial score (nSPS) is 10.8. The van der Waals surface area contributed by atoms with E-state index in [4.69, 9.17) is 9.52 Å². The number of carbonyl (C=O) groups is 1. The molecule has 1 aromatic carbocycles. The van der Waals surface area contributed by atoms with Crippen LogP contribution in [0.3, 0.4) is 0 Å². The number of furan rings is 1. The van der Waals surface area contributed by atoms with Crippen LogP contribution in [0.25, 0.3) is 11.0 Å². The van der Waals surface area contributed by atoms with Crippen LogP contribution in [-0.2, 0) is 0 Å². The Morgan fingerprint density at radius 3 is 2.65 bits per heavy atom. The number of fused-ring (bicyclic) bond motifs is 1. The van der Waals surface area contributed by atoms with Crippen LogP contribution < -0.4 is 4.90 Å². The lowest BCUT2D eigenvalue weighted by molar-refractivity contribution is 0.0665. The van der Waals surface area contributed by atoms with Crippen molar-refractivity contribution < 1.29 is 18.7 Å². The zero-order valence-electron chi connectivity index (χ0n) is 9.12. The molecular formula is C11H9BrFNO3. The smallest absolute Gasteiger partial charge is 0.371 e. The predicted molar refractivity (Wildman–Crippen MR) is 65.2 cm³/mol. The first-order valence-electron chi connectivity index (χ1n) is 4.74. The van der Waals surface area contributed by atoms with Gasteiger partial charge in [-0.3, -0.25) is 0 Å². The van der Waals surface area contributed by atoms with Gasteiger partial charge >= 0.3 is 5.97 Å².